The number of para-hydroxylation sites is 1. The molecule has 2 fully saturated rings. The number of rotatable bonds is 7. The largest absolute Gasteiger partial charge is 0.457 e. The Morgan fingerprint density at radius 2 is 1.71 bits per heavy atom. The number of amides is 4. The molecule has 3 aromatic carbocycles. The first kappa shape index (κ1) is 32.1. The van der Waals surface area contributed by atoms with E-state index in [2.05, 4.69) is 15.3 Å². The minimum absolute atomic E-state index is 0.0264. The van der Waals surface area contributed by atoms with E-state index in [0.29, 0.717) is 51.7 Å². The monoisotopic (exact) mass is 692 g/mol. The average Bonchev–Trinajstić information content (AvgIpc) is 3.61. The minimum Gasteiger partial charge on any atom is -0.457 e. The zero-order valence-corrected chi connectivity index (χ0v) is 27.0. The number of hydrogen-bond donors (Lipinski definition) is 2. The molecule has 15 heteroatoms. The van der Waals surface area contributed by atoms with E-state index < -0.39 is 53.3 Å². The van der Waals surface area contributed by atoms with E-state index in [1.54, 1.807) is 21.7 Å². The third-order valence-electron chi connectivity index (χ3n) is 9.49. The number of hydrogen-bond acceptors (Lipinski definition) is 10. The van der Waals surface area contributed by atoms with Crippen molar-refractivity contribution in [1.29, 1.82) is 0 Å². The van der Waals surface area contributed by atoms with Crippen LogP contribution in [0.4, 0.5) is 14.6 Å². The summed E-state index contributed by atoms with van der Waals surface area (Å²) in [5.74, 6) is -2.40. The van der Waals surface area contributed by atoms with Crippen LogP contribution in [0.2, 0.25) is 0 Å². The van der Waals surface area contributed by atoms with Crippen molar-refractivity contribution < 1.29 is 32.7 Å². The van der Waals surface area contributed by atoms with Gasteiger partial charge in [-0.2, -0.15) is 5.10 Å². The van der Waals surface area contributed by atoms with Gasteiger partial charge in [-0.1, -0.05) is 18.2 Å². The Hall–Kier alpha value is -6.09. The van der Waals surface area contributed by atoms with Crippen molar-refractivity contribution in [3.8, 4) is 22.8 Å². The van der Waals surface area contributed by atoms with Gasteiger partial charge < -0.3 is 10.5 Å². The Morgan fingerprint density at radius 3 is 2.45 bits per heavy atom. The van der Waals surface area contributed by atoms with Crippen molar-refractivity contribution in [2.45, 2.75) is 44.1 Å². The van der Waals surface area contributed by atoms with Gasteiger partial charge in [0.2, 0.25) is 11.8 Å². The van der Waals surface area contributed by atoms with Gasteiger partial charge in [-0.15, -0.1) is 0 Å². The lowest BCUT2D eigenvalue weighted by atomic mass is 10.0. The minimum atomic E-state index is -1.40. The van der Waals surface area contributed by atoms with Crippen LogP contribution in [0.15, 0.2) is 73.1 Å². The number of carbonyl (C=O) groups is 4. The molecular weight excluding hydrogens is 662 g/mol. The first-order valence-corrected chi connectivity index (χ1v) is 16.4. The number of benzene rings is 3. The van der Waals surface area contributed by atoms with Crippen molar-refractivity contribution >= 4 is 40.5 Å². The summed E-state index contributed by atoms with van der Waals surface area (Å²) in [5, 5.41) is 7.43. The van der Waals surface area contributed by atoms with Crippen LogP contribution in [0.5, 0.6) is 11.5 Å². The van der Waals surface area contributed by atoms with Gasteiger partial charge in [0.25, 0.3) is 11.8 Å². The molecule has 3 atom stereocenters. The lowest BCUT2D eigenvalue weighted by Crippen LogP contribution is -2.54. The number of alkyl halides is 1. The Morgan fingerprint density at radius 1 is 0.941 bits per heavy atom. The number of ether oxygens (including phenoxy) is 1. The third kappa shape index (κ3) is 5.74. The fourth-order valence-corrected chi connectivity index (χ4v) is 7.06. The highest BCUT2D eigenvalue weighted by Gasteiger charge is 2.46. The topological polar surface area (TPSA) is 166 Å². The Bertz CT molecular complexity index is 2230. The molecule has 5 heterocycles. The SMILES string of the molecule is Nc1ncnc2c1c(-c1ccc(Oc3ccccc3)cc1)nn2[C@@H]1CCN(Cc2cc(F)c3c(c2)C(=O)N(C2CCC(=O)NC2=O)C3=O)C[C@@H]1F. The Kier molecular flexibility index (Phi) is 7.98. The van der Waals surface area contributed by atoms with E-state index in [1.807, 2.05) is 42.5 Å². The summed E-state index contributed by atoms with van der Waals surface area (Å²) in [7, 11) is 0. The second kappa shape index (κ2) is 12.7. The summed E-state index contributed by atoms with van der Waals surface area (Å²) in [6.45, 7) is 0.484. The van der Waals surface area contributed by atoms with Crippen molar-refractivity contribution in [3.63, 3.8) is 0 Å². The highest BCUT2D eigenvalue weighted by molar-refractivity contribution is 6.23. The van der Waals surface area contributed by atoms with E-state index in [-0.39, 0.29) is 37.3 Å². The van der Waals surface area contributed by atoms with Crippen molar-refractivity contribution in [1.82, 2.24) is 34.9 Å². The van der Waals surface area contributed by atoms with E-state index in [4.69, 9.17) is 15.6 Å². The zero-order valence-electron chi connectivity index (χ0n) is 27.0. The number of likely N-dealkylation sites (tertiary alicyclic amines) is 1. The normalized spacial score (nSPS) is 20.9. The van der Waals surface area contributed by atoms with Gasteiger partial charge >= 0.3 is 0 Å². The maximum absolute atomic E-state index is 16.1. The number of aromatic nitrogens is 4. The van der Waals surface area contributed by atoms with Crippen LogP contribution in [0.3, 0.4) is 0 Å². The molecule has 258 valence electrons. The summed E-state index contributed by atoms with van der Waals surface area (Å²) >= 11 is 0. The predicted molar refractivity (Wildman–Crippen MR) is 179 cm³/mol. The van der Waals surface area contributed by atoms with Gasteiger partial charge in [0.1, 0.15) is 47.4 Å². The number of nitrogen functional groups attached to an aromatic ring is 1. The number of nitrogens with one attached hydrogen (secondary N) is 1. The van der Waals surface area contributed by atoms with Gasteiger partial charge in [-0.05, 0) is 66.9 Å². The van der Waals surface area contributed by atoms with Gasteiger partial charge in [0, 0.05) is 31.6 Å². The van der Waals surface area contributed by atoms with E-state index >= 15 is 8.78 Å². The number of imide groups is 2. The second-order valence-electron chi connectivity index (χ2n) is 12.7. The summed E-state index contributed by atoms with van der Waals surface area (Å²) < 4.78 is 38.9. The number of anilines is 1. The first-order chi connectivity index (χ1) is 24.7. The molecule has 8 rings (SSSR count). The second-order valence-corrected chi connectivity index (χ2v) is 12.7. The average molecular weight is 693 g/mol. The van der Waals surface area contributed by atoms with E-state index in [0.717, 1.165) is 11.6 Å². The highest BCUT2D eigenvalue weighted by atomic mass is 19.1. The fraction of sp³-hybridized carbons (Fsp3) is 0.250. The Balaban J connectivity index is 0.999. The summed E-state index contributed by atoms with van der Waals surface area (Å²) in [4.78, 5) is 61.4. The molecule has 0 aliphatic carbocycles. The van der Waals surface area contributed by atoms with Gasteiger partial charge in [0.15, 0.2) is 5.65 Å². The molecule has 13 nitrogen and oxygen atoms in total. The number of carbonyl (C=O) groups excluding carboxylic acids is 4. The van der Waals surface area contributed by atoms with Crippen LogP contribution < -0.4 is 15.8 Å². The Labute approximate surface area is 289 Å². The highest BCUT2D eigenvalue weighted by Crippen LogP contribution is 2.37. The molecule has 2 saturated heterocycles. The van der Waals surface area contributed by atoms with Gasteiger partial charge in [-0.25, -0.2) is 23.4 Å². The van der Waals surface area contributed by atoms with Crippen LogP contribution in [-0.2, 0) is 16.1 Å². The number of nitrogens with zero attached hydrogens (tertiary/aromatic N) is 6. The van der Waals surface area contributed by atoms with Crippen LogP contribution in [0.1, 0.15) is 51.6 Å². The quantitative estimate of drug-likeness (QED) is 0.236. The molecule has 0 radical (unpaired) electrons. The number of piperidine rings is 2. The third-order valence-corrected chi connectivity index (χ3v) is 9.49. The maximum Gasteiger partial charge on any atom is 0.265 e. The van der Waals surface area contributed by atoms with Crippen molar-refractivity contribution in [3.05, 3.63) is 95.6 Å². The summed E-state index contributed by atoms with van der Waals surface area (Å²) in [6, 6.07) is 17.3. The zero-order chi connectivity index (χ0) is 35.4. The predicted octanol–water partition coefficient (Wildman–Crippen LogP) is 4.19. The lowest BCUT2D eigenvalue weighted by Gasteiger charge is -2.34. The van der Waals surface area contributed by atoms with Crippen LogP contribution in [0, 0.1) is 5.82 Å². The molecule has 3 aliphatic rings. The smallest absolute Gasteiger partial charge is 0.265 e. The van der Waals surface area contributed by atoms with Gasteiger partial charge in [-0.3, -0.25) is 34.3 Å². The van der Waals surface area contributed by atoms with Gasteiger partial charge in [0.05, 0.1) is 22.6 Å². The molecule has 3 N–H and O–H groups in total. The lowest BCUT2D eigenvalue weighted by molar-refractivity contribution is -0.136. The summed E-state index contributed by atoms with van der Waals surface area (Å²) in [6.07, 6.45) is 0.149. The van der Waals surface area contributed by atoms with Crippen LogP contribution in [-0.4, -0.2) is 78.5 Å². The number of fused-ring (bicyclic) bond motifs is 2. The van der Waals surface area contributed by atoms with E-state index in [1.165, 1.54) is 12.4 Å². The molecule has 2 aromatic heterocycles. The molecule has 0 spiro atoms. The molecule has 0 saturated carbocycles. The molecule has 5 aromatic rings. The molecule has 51 heavy (non-hydrogen) atoms. The molecular formula is C36H30F2N8O5. The summed E-state index contributed by atoms with van der Waals surface area (Å²) in [5.41, 5.74) is 7.70. The molecule has 1 unspecified atom stereocenters. The number of nitrogens with two attached hydrogens (primary N) is 1. The standard InChI is InChI=1S/C36H30F2N8O5/c37-24-15-19(14-23-29(24)36(50)45(35(23)49)27-10-11-28(47)42-34(27)48)16-44-13-12-26(25(38)17-44)46-33-30(32(39)40-18-41-33)31(43-46)20-6-8-22(9-7-20)51-21-4-2-1-3-5-21/h1-9,14-15,18,25-27H,10-13,16-17H2,(H2,39,40,41)(H,42,47,48)/t25-,26+,27?/m0/s1. The molecule has 0 bridgehead atoms. The molecule has 3 aliphatic heterocycles. The maximum atomic E-state index is 16.1. The van der Waals surface area contributed by atoms with E-state index in [9.17, 15) is 19.2 Å². The van der Waals surface area contributed by atoms with Crippen molar-refractivity contribution in [2.75, 3.05) is 18.8 Å². The first-order valence-electron chi connectivity index (χ1n) is 16.4. The van der Waals surface area contributed by atoms with Crippen LogP contribution >= 0.6 is 0 Å². The number of halogens is 2. The van der Waals surface area contributed by atoms with Crippen molar-refractivity contribution in [2.24, 2.45) is 0 Å². The fourth-order valence-electron chi connectivity index (χ4n) is 7.06. The molecule has 4 amide bonds. The van der Waals surface area contributed by atoms with Crippen LogP contribution in [0.25, 0.3) is 22.3 Å².